The quantitative estimate of drug-likeness (QED) is 0.534. The number of nitrogens with one attached hydrogen (secondary N) is 2. The molecule has 0 spiro atoms. The third-order valence-corrected chi connectivity index (χ3v) is 5.17. The summed E-state index contributed by atoms with van der Waals surface area (Å²) in [5.74, 6) is 0.309. The number of carbonyl (C=O) groups excluding carboxylic acids is 1. The maximum atomic E-state index is 12.8. The zero-order chi connectivity index (χ0) is 20.5. The summed E-state index contributed by atoms with van der Waals surface area (Å²) in [6.45, 7) is 6.54. The molecule has 2 heterocycles. The summed E-state index contributed by atoms with van der Waals surface area (Å²) in [6.07, 6.45) is 1.71. The van der Waals surface area contributed by atoms with Gasteiger partial charge in [0, 0.05) is 29.6 Å². The molecule has 2 aromatic carbocycles. The third kappa shape index (κ3) is 3.78. The molecular formula is C23H24N4O2. The van der Waals surface area contributed by atoms with Gasteiger partial charge < -0.3 is 10.3 Å². The van der Waals surface area contributed by atoms with E-state index >= 15 is 0 Å². The van der Waals surface area contributed by atoms with Crippen LogP contribution in [0.5, 0.6) is 0 Å². The van der Waals surface area contributed by atoms with Crippen molar-refractivity contribution in [3.8, 4) is 0 Å². The molecule has 2 aromatic heterocycles. The monoisotopic (exact) mass is 388 g/mol. The second kappa shape index (κ2) is 7.54. The third-order valence-electron chi connectivity index (χ3n) is 5.17. The van der Waals surface area contributed by atoms with Crippen molar-refractivity contribution in [2.45, 2.75) is 39.7 Å². The molecule has 0 bridgehead atoms. The van der Waals surface area contributed by atoms with Crippen LogP contribution in [0.4, 0.5) is 5.69 Å². The summed E-state index contributed by atoms with van der Waals surface area (Å²) in [7, 11) is 0. The molecule has 0 aliphatic rings. The lowest BCUT2D eigenvalue weighted by atomic mass is 10.0. The van der Waals surface area contributed by atoms with E-state index in [-0.39, 0.29) is 24.4 Å². The van der Waals surface area contributed by atoms with Crippen LogP contribution in [-0.4, -0.2) is 20.4 Å². The van der Waals surface area contributed by atoms with Crippen LogP contribution in [0.15, 0.2) is 53.6 Å². The van der Waals surface area contributed by atoms with Gasteiger partial charge in [-0.3, -0.25) is 14.2 Å². The number of rotatable bonds is 5. The normalized spacial score (nSPS) is 11.4. The molecule has 4 aromatic rings. The predicted octanol–water partition coefficient (Wildman–Crippen LogP) is 4.34. The van der Waals surface area contributed by atoms with Crippen LogP contribution >= 0.6 is 0 Å². The van der Waals surface area contributed by atoms with Gasteiger partial charge in [-0.15, -0.1) is 0 Å². The number of carbonyl (C=O) groups is 1. The first-order valence-corrected chi connectivity index (χ1v) is 9.79. The molecule has 4 rings (SSSR count). The van der Waals surface area contributed by atoms with Gasteiger partial charge in [-0.2, -0.15) is 0 Å². The molecule has 6 nitrogen and oxygen atoms in total. The Labute approximate surface area is 168 Å². The highest BCUT2D eigenvalue weighted by atomic mass is 16.2. The van der Waals surface area contributed by atoms with Gasteiger partial charge in [0.05, 0.1) is 6.33 Å². The van der Waals surface area contributed by atoms with Crippen molar-refractivity contribution >= 4 is 33.5 Å². The van der Waals surface area contributed by atoms with E-state index < -0.39 is 0 Å². The molecule has 0 fully saturated rings. The minimum absolute atomic E-state index is 0.137. The van der Waals surface area contributed by atoms with E-state index in [0.717, 1.165) is 22.2 Å². The lowest BCUT2D eigenvalue weighted by Gasteiger charge is -2.09. The Kier molecular flexibility index (Phi) is 4.92. The fourth-order valence-electron chi connectivity index (χ4n) is 3.46. The van der Waals surface area contributed by atoms with E-state index in [4.69, 9.17) is 0 Å². The van der Waals surface area contributed by atoms with E-state index in [0.29, 0.717) is 17.0 Å². The predicted molar refractivity (Wildman–Crippen MR) is 116 cm³/mol. The number of fused-ring (bicyclic) bond motifs is 3. The van der Waals surface area contributed by atoms with E-state index in [9.17, 15) is 9.59 Å². The first-order chi connectivity index (χ1) is 13.9. The maximum absolute atomic E-state index is 12.8. The average Bonchev–Trinajstić information content (AvgIpc) is 3.06. The first-order valence-electron chi connectivity index (χ1n) is 9.79. The number of nitrogens with zero attached hydrogens (tertiary/aromatic N) is 2. The number of hydrogen-bond acceptors (Lipinski definition) is 3. The van der Waals surface area contributed by atoms with Gasteiger partial charge in [0.2, 0.25) is 5.91 Å². The smallest absolute Gasteiger partial charge is 0.277 e. The summed E-state index contributed by atoms with van der Waals surface area (Å²) in [6, 6.07) is 13.8. The zero-order valence-electron chi connectivity index (χ0n) is 16.8. The minimum Gasteiger partial charge on any atom is -0.349 e. The fourth-order valence-corrected chi connectivity index (χ4v) is 3.46. The molecule has 29 heavy (non-hydrogen) atoms. The van der Waals surface area contributed by atoms with E-state index in [1.165, 1.54) is 16.5 Å². The Morgan fingerprint density at radius 1 is 1.17 bits per heavy atom. The molecule has 0 atom stereocenters. The van der Waals surface area contributed by atoms with Crippen molar-refractivity contribution in [2.75, 3.05) is 5.32 Å². The number of aromatic amines is 1. The SMILES string of the molecule is Cc1ccc2[nH]c3c(=O)n(CCC(=O)Nc4ccc(C(C)C)cc4)cnc3c2c1. The number of hydrogen-bond donors (Lipinski definition) is 2. The summed E-state index contributed by atoms with van der Waals surface area (Å²) in [5.41, 5.74) is 4.95. The molecule has 0 unspecified atom stereocenters. The van der Waals surface area contributed by atoms with Crippen LogP contribution in [0, 0.1) is 6.92 Å². The van der Waals surface area contributed by atoms with Gasteiger partial charge in [-0.1, -0.05) is 37.6 Å². The zero-order valence-corrected chi connectivity index (χ0v) is 16.8. The van der Waals surface area contributed by atoms with E-state index in [2.05, 4.69) is 29.1 Å². The van der Waals surface area contributed by atoms with Crippen molar-refractivity contribution in [1.82, 2.24) is 14.5 Å². The van der Waals surface area contributed by atoms with Crippen molar-refractivity contribution in [3.05, 3.63) is 70.3 Å². The average molecular weight is 388 g/mol. The van der Waals surface area contributed by atoms with Crippen molar-refractivity contribution in [3.63, 3.8) is 0 Å². The number of benzene rings is 2. The van der Waals surface area contributed by atoms with Crippen molar-refractivity contribution in [2.24, 2.45) is 0 Å². The second-order valence-electron chi connectivity index (χ2n) is 7.72. The first kappa shape index (κ1) is 18.9. The summed E-state index contributed by atoms with van der Waals surface area (Å²) in [4.78, 5) is 32.7. The Morgan fingerprint density at radius 2 is 1.93 bits per heavy atom. The highest BCUT2D eigenvalue weighted by Gasteiger charge is 2.12. The standard InChI is InChI=1S/C23H24N4O2/c1-14(2)16-5-7-17(8-6-16)25-20(28)10-11-27-13-24-21-18-12-15(3)4-9-19(18)26-22(21)23(27)29/h4-9,12-14,26H,10-11H2,1-3H3,(H,25,28). The van der Waals surface area contributed by atoms with Gasteiger partial charge in [-0.25, -0.2) is 4.98 Å². The Balaban J connectivity index is 1.49. The molecule has 0 aliphatic heterocycles. The minimum atomic E-state index is -0.169. The van der Waals surface area contributed by atoms with Crippen molar-refractivity contribution in [1.29, 1.82) is 0 Å². The Morgan fingerprint density at radius 3 is 2.66 bits per heavy atom. The Hall–Kier alpha value is -3.41. The van der Waals surface area contributed by atoms with Crippen molar-refractivity contribution < 1.29 is 4.79 Å². The number of H-pyrrole nitrogens is 1. The molecule has 0 radical (unpaired) electrons. The molecule has 2 N–H and O–H groups in total. The van der Waals surface area contributed by atoms with Gasteiger partial charge in [0.25, 0.3) is 5.56 Å². The maximum Gasteiger partial charge on any atom is 0.277 e. The second-order valence-corrected chi connectivity index (χ2v) is 7.72. The van der Waals surface area contributed by atoms with Crippen LogP contribution in [-0.2, 0) is 11.3 Å². The fraction of sp³-hybridized carbons (Fsp3) is 0.261. The number of amides is 1. The lowest BCUT2D eigenvalue weighted by molar-refractivity contribution is -0.116. The number of anilines is 1. The highest BCUT2D eigenvalue weighted by Crippen LogP contribution is 2.22. The van der Waals surface area contributed by atoms with Crippen LogP contribution in [0.2, 0.25) is 0 Å². The number of aromatic nitrogens is 3. The molecule has 0 aliphatic carbocycles. The lowest BCUT2D eigenvalue weighted by Crippen LogP contribution is -2.23. The van der Waals surface area contributed by atoms with Crippen LogP contribution in [0.1, 0.15) is 37.3 Å². The Bertz CT molecular complexity index is 1250. The van der Waals surface area contributed by atoms with E-state index in [1.807, 2.05) is 49.4 Å². The van der Waals surface area contributed by atoms with Gasteiger partial charge >= 0.3 is 0 Å². The highest BCUT2D eigenvalue weighted by molar-refractivity contribution is 6.04. The van der Waals surface area contributed by atoms with Crippen LogP contribution < -0.4 is 10.9 Å². The molecule has 6 heteroatoms. The largest absolute Gasteiger partial charge is 0.349 e. The van der Waals surface area contributed by atoms with E-state index in [1.54, 1.807) is 0 Å². The summed E-state index contributed by atoms with van der Waals surface area (Å²) < 4.78 is 1.48. The number of aryl methyl sites for hydroxylation is 2. The molecule has 0 saturated carbocycles. The molecule has 148 valence electrons. The summed E-state index contributed by atoms with van der Waals surface area (Å²) in [5, 5.41) is 3.82. The van der Waals surface area contributed by atoms with Gasteiger partial charge in [0.1, 0.15) is 11.0 Å². The molecular weight excluding hydrogens is 364 g/mol. The van der Waals surface area contributed by atoms with Gasteiger partial charge in [0.15, 0.2) is 0 Å². The van der Waals surface area contributed by atoms with Crippen LogP contribution in [0.25, 0.3) is 21.9 Å². The summed E-state index contributed by atoms with van der Waals surface area (Å²) >= 11 is 0. The topological polar surface area (TPSA) is 79.8 Å². The van der Waals surface area contributed by atoms with Crippen LogP contribution in [0.3, 0.4) is 0 Å². The molecule has 1 amide bonds. The van der Waals surface area contributed by atoms with Gasteiger partial charge in [-0.05, 0) is 42.7 Å². The molecule has 0 saturated heterocycles.